The highest BCUT2D eigenvalue weighted by molar-refractivity contribution is 7.15. The molecule has 0 saturated heterocycles. The van der Waals surface area contributed by atoms with E-state index in [1.54, 1.807) is 36.5 Å². The zero-order valence-electron chi connectivity index (χ0n) is 23.8. The maximum Gasteiger partial charge on any atom is 0.249 e. The lowest BCUT2D eigenvalue weighted by molar-refractivity contribution is -0.116. The number of ether oxygens (including phenoxy) is 1. The highest BCUT2D eigenvalue weighted by Gasteiger charge is 2.46. The van der Waals surface area contributed by atoms with Crippen LogP contribution in [-0.2, 0) is 22.4 Å². The van der Waals surface area contributed by atoms with E-state index in [9.17, 15) is 18.4 Å². The summed E-state index contributed by atoms with van der Waals surface area (Å²) in [6, 6.07) is 8.71. The van der Waals surface area contributed by atoms with E-state index in [4.69, 9.17) is 4.74 Å². The largest absolute Gasteiger partial charge is 0.481 e. The number of carbonyl (C=O) groups excluding carboxylic acids is 2. The molecule has 4 aromatic rings. The zero-order valence-corrected chi connectivity index (χ0v) is 25.5. The molecule has 0 aliphatic heterocycles. The molecule has 2 atom stereocenters. The standard InChI is InChI=1S/C29H30F2N8O3S2/c1-42-24-9-8-16(15-32-24)10-22(40)34-27-38-36-25(43-27)17-4-2-5-18(11-17)26-37-39-28(44-26)35-23(41)12-20-6-3-7-21(33-20)19-13-29(30,31)14-19/h3,6-9,15,17-19H,2,4-5,10-14H2,1H3,(H,34,38,40)(H,35,39,41)/t17-,18-/m0/s1. The van der Waals surface area contributed by atoms with Crippen LogP contribution >= 0.6 is 22.7 Å². The molecule has 4 heterocycles. The Morgan fingerprint density at radius 3 is 2.16 bits per heavy atom. The van der Waals surface area contributed by atoms with Crippen LogP contribution in [-0.4, -0.2) is 55.2 Å². The average Bonchev–Trinajstić information content (AvgIpc) is 3.66. The third kappa shape index (κ3) is 7.38. The van der Waals surface area contributed by atoms with Crippen molar-refractivity contribution < 1.29 is 23.1 Å². The van der Waals surface area contributed by atoms with Crippen LogP contribution in [0.2, 0.25) is 0 Å². The summed E-state index contributed by atoms with van der Waals surface area (Å²) in [6.45, 7) is 0. The molecular formula is C29H30F2N8O3S2. The van der Waals surface area contributed by atoms with E-state index in [0.29, 0.717) is 27.5 Å². The number of halogens is 2. The first kappa shape index (κ1) is 30.1. The van der Waals surface area contributed by atoms with Crippen molar-refractivity contribution in [3.63, 3.8) is 0 Å². The van der Waals surface area contributed by atoms with Crippen LogP contribution in [0.4, 0.5) is 19.0 Å². The normalized spacial score (nSPS) is 19.6. The fraction of sp³-hybridized carbons (Fsp3) is 0.448. The van der Waals surface area contributed by atoms with E-state index in [1.807, 2.05) is 0 Å². The van der Waals surface area contributed by atoms with Crippen LogP contribution in [0.15, 0.2) is 36.5 Å². The molecule has 0 bridgehead atoms. The molecule has 2 aliphatic rings. The van der Waals surface area contributed by atoms with Gasteiger partial charge in [0.2, 0.25) is 33.9 Å². The fourth-order valence-electron chi connectivity index (χ4n) is 5.55. The van der Waals surface area contributed by atoms with Crippen molar-refractivity contribution in [3.05, 3.63) is 63.5 Å². The Labute approximate surface area is 259 Å². The van der Waals surface area contributed by atoms with Gasteiger partial charge < -0.3 is 15.4 Å². The molecule has 0 aromatic carbocycles. The topological polar surface area (TPSA) is 145 Å². The van der Waals surface area contributed by atoms with Crippen molar-refractivity contribution in [1.82, 2.24) is 30.4 Å². The molecule has 0 spiro atoms. The highest BCUT2D eigenvalue weighted by Crippen LogP contribution is 2.47. The quantitative estimate of drug-likeness (QED) is 0.229. The van der Waals surface area contributed by atoms with Crippen LogP contribution in [0.25, 0.3) is 0 Å². The van der Waals surface area contributed by atoms with Gasteiger partial charge in [-0.2, -0.15) is 0 Å². The van der Waals surface area contributed by atoms with Crippen LogP contribution in [0.1, 0.15) is 83.2 Å². The lowest BCUT2D eigenvalue weighted by Gasteiger charge is -2.34. The van der Waals surface area contributed by atoms with Gasteiger partial charge in [-0.05, 0) is 37.0 Å². The monoisotopic (exact) mass is 640 g/mol. The van der Waals surface area contributed by atoms with Crippen molar-refractivity contribution in [1.29, 1.82) is 0 Å². The molecule has 11 nitrogen and oxygen atoms in total. The third-order valence-corrected chi connectivity index (χ3v) is 9.80. The Balaban J connectivity index is 1.00. The number of carbonyl (C=O) groups is 2. The average molecular weight is 641 g/mol. The Kier molecular flexibility index (Phi) is 8.84. The second-order valence-corrected chi connectivity index (χ2v) is 13.1. The molecule has 4 aromatic heterocycles. The van der Waals surface area contributed by atoms with Crippen molar-refractivity contribution >= 4 is 44.8 Å². The molecule has 0 radical (unpaired) electrons. The Morgan fingerprint density at radius 1 is 0.909 bits per heavy atom. The molecule has 6 rings (SSSR count). The Hall–Kier alpha value is -3.98. The summed E-state index contributed by atoms with van der Waals surface area (Å²) in [5.74, 6) is -2.55. The summed E-state index contributed by atoms with van der Waals surface area (Å²) in [4.78, 5) is 33.8. The molecular weight excluding hydrogens is 611 g/mol. The van der Waals surface area contributed by atoms with E-state index in [1.165, 1.54) is 29.8 Å². The smallest absolute Gasteiger partial charge is 0.249 e. The number of nitrogens with zero attached hydrogens (tertiary/aromatic N) is 6. The minimum atomic E-state index is -2.62. The van der Waals surface area contributed by atoms with Gasteiger partial charge in [0, 0.05) is 48.6 Å². The van der Waals surface area contributed by atoms with E-state index in [0.717, 1.165) is 41.3 Å². The van der Waals surface area contributed by atoms with Gasteiger partial charge >= 0.3 is 0 Å². The van der Waals surface area contributed by atoms with Gasteiger partial charge in [0.1, 0.15) is 10.0 Å². The van der Waals surface area contributed by atoms with Gasteiger partial charge in [0.25, 0.3) is 0 Å². The van der Waals surface area contributed by atoms with E-state index in [-0.39, 0.29) is 55.3 Å². The fourth-order valence-corrected chi connectivity index (χ4v) is 7.36. The number of rotatable bonds is 10. The Morgan fingerprint density at radius 2 is 1.57 bits per heavy atom. The SMILES string of the molecule is COc1ccc(CC(=O)Nc2nnc([C@H]3CCC[C@H](c4nnc(NC(=O)Cc5cccc(C6CC(F)(F)C6)n5)s4)C3)s2)cn1. The van der Waals surface area contributed by atoms with Crippen LogP contribution in [0.5, 0.6) is 5.88 Å². The van der Waals surface area contributed by atoms with Crippen LogP contribution < -0.4 is 15.4 Å². The summed E-state index contributed by atoms with van der Waals surface area (Å²) in [7, 11) is 1.54. The lowest BCUT2D eigenvalue weighted by atomic mass is 9.79. The maximum absolute atomic E-state index is 13.3. The second-order valence-electron chi connectivity index (χ2n) is 11.1. The predicted octanol–water partition coefficient (Wildman–Crippen LogP) is 5.50. The molecule has 2 saturated carbocycles. The van der Waals surface area contributed by atoms with Gasteiger partial charge in [-0.25, -0.2) is 13.8 Å². The number of hydrogen-bond donors (Lipinski definition) is 2. The maximum atomic E-state index is 13.3. The number of alkyl halides is 2. The van der Waals surface area contributed by atoms with Gasteiger partial charge in [-0.3, -0.25) is 14.6 Å². The molecule has 0 unspecified atom stereocenters. The molecule has 230 valence electrons. The number of aromatic nitrogens is 6. The van der Waals surface area contributed by atoms with Crippen molar-refractivity contribution in [2.24, 2.45) is 0 Å². The Bertz CT molecular complexity index is 1620. The first-order valence-electron chi connectivity index (χ1n) is 14.3. The van der Waals surface area contributed by atoms with Crippen LogP contribution in [0, 0.1) is 0 Å². The summed E-state index contributed by atoms with van der Waals surface area (Å²) < 4.78 is 31.6. The van der Waals surface area contributed by atoms with Crippen molar-refractivity contribution in [3.8, 4) is 5.88 Å². The van der Waals surface area contributed by atoms with Gasteiger partial charge in [-0.15, -0.1) is 20.4 Å². The number of hydrogen-bond acceptors (Lipinski definition) is 11. The molecule has 15 heteroatoms. The van der Waals surface area contributed by atoms with Crippen LogP contribution in [0.3, 0.4) is 0 Å². The second kappa shape index (κ2) is 12.9. The van der Waals surface area contributed by atoms with Gasteiger partial charge in [-0.1, -0.05) is 41.2 Å². The molecule has 2 amide bonds. The number of pyridine rings is 2. The minimum absolute atomic E-state index is 0.0181. The molecule has 2 fully saturated rings. The number of anilines is 2. The van der Waals surface area contributed by atoms with E-state index < -0.39 is 5.92 Å². The van der Waals surface area contributed by atoms with Gasteiger partial charge in [0.05, 0.1) is 25.6 Å². The van der Waals surface area contributed by atoms with E-state index >= 15 is 0 Å². The first-order chi connectivity index (χ1) is 21.2. The van der Waals surface area contributed by atoms with Crippen molar-refractivity contribution in [2.75, 3.05) is 17.7 Å². The summed E-state index contributed by atoms with van der Waals surface area (Å²) >= 11 is 2.73. The van der Waals surface area contributed by atoms with E-state index in [2.05, 4.69) is 41.0 Å². The summed E-state index contributed by atoms with van der Waals surface area (Å²) in [5, 5.41) is 25.3. The lowest BCUT2D eigenvalue weighted by Crippen LogP contribution is -2.34. The summed E-state index contributed by atoms with van der Waals surface area (Å²) in [5.41, 5.74) is 1.89. The minimum Gasteiger partial charge on any atom is -0.481 e. The highest BCUT2D eigenvalue weighted by atomic mass is 32.1. The number of methoxy groups -OCH3 is 1. The predicted molar refractivity (Wildman–Crippen MR) is 160 cm³/mol. The molecule has 2 N–H and O–H groups in total. The number of nitrogens with one attached hydrogen (secondary N) is 2. The first-order valence-corrected chi connectivity index (χ1v) is 16.0. The molecule has 44 heavy (non-hydrogen) atoms. The molecule has 2 aliphatic carbocycles. The van der Waals surface area contributed by atoms with Crippen molar-refractivity contribution in [2.45, 2.75) is 75.0 Å². The van der Waals surface area contributed by atoms with Gasteiger partial charge in [0.15, 0.2) is 0 Å². The third-order valence-electron chi connectivity index (χ3n) is 7.80. The zero-order chi connectivity index (χ0) is 30.7. The number of amides is 2. The summed E-state index contributed by atoms with van der Waals surface area (Å²) in [6.07, 6.45) is 5.10.